The van der Waals surface area contributed by atoms with Gasteiger partial charge >= 0.3 is 30.8 Å². The molecule has 3 rings (SSSR count). The van der Waals surface area contributed by atoms with E-state index in [1.54, 1.807) is 6.07 Å². The Kier molecular flexibility index (Phi) is 10.5. The zero-order valence-corrected chi connectivity index (χ0v) is 23.6. The number of aromatic nitrogens is 1. The van der Waals surface area contributed by atoms with E-state index in [4.69, 9.17) is 4.42 Å². The number of thioether (sulfide) groups is 1. The van der Waals surface area contributed by atoms with Crippen molar-refractivity contribution in [3.63, 3.8) is 0 Å². The average Bonchev–Trinajstić information content (AvgIpc) is 3.31. The predicted octanol–water partition coefficient (Wildman–Crippen LogP) is 8.17. The first kappa shape index (κ1) is 34.3. The van der Waals surface area contributed by atoms with Crippen molar-refractivity contribution in [1.29, 1.82) is 0 Å². The molecule has 0 N–H and O–H groups in total. The Morgan fingerprint density at radius 1 is 0.907 bits per heavy atom. The number of hydrogen-bond acceptors (Lipinski definition) is 8. The number of carbonyl (C=O) groups is 1. The summed E-state index contributed by atoms with van der Waals surface area (Å²) >= 11 is 0.310. The lowest BCUT2D eigenvalue weighted by Crippen LogP contribution is -2.46. The lowest BCUT2D eigenvalue weighted by Gasteiger charge is -2.27. The number of alkyl halides is 8. The minimum atomic E-state index is -5.85. The summed E-state index contributed by atoms with van der Waals surface area (Å²) in [5, 5.41) is 0.609. The number of fused-ring (bicyclic) bond motifs is 1. The number of esters is 1. The lowest BCUT2D eigenvalue weighted by atomic mass is 10.1. The fourth-order valence-corrected chi connectivity index (χ4v) is 4.25. The highest BCUT2D eigenvalue weighted by Crippen LogP contribution is 2.39. The molecule has 0 spiro atoms. The summed E-state index contributed by atoms with van der Waals surface area (Å²) in [7, 11) is 0. The number of halogens is 8. The van der Waals surface area contributed by atoms with E-state index in [1.165, 1.54) is 18.2 Å². The van der Waals surface area contributed by atoms with Gasteiger partial charge in [-0.05, 0) is 56.2 Å². The minimum Gasteiger partial charge on any atom is -0.456 e. The van der Waals surface area contributed by atoms with Crippen molar-refractivity contribution in [3.05, 3.63) is 59.9 Å². The number of benzene rings is 1. The molecular weight excluding hydrogens is 618 g/mol. The van der Waals surface area contributed by atoms with E-state index in [0.717, 1.165) is 30.3 Å². The zero-order chi connectivity index (χ0) is 32.2. The summed E-state index contributed by atoms with van der Waals surface area (Å²) in [4.78, 5) is 15.8. The number of carbonyl (C=O) groups excluding carboxylic acids is 1. The summed E-state index contributed by atoms with van der Waals surface area (Å²) in [6.45, 7) is 5.85. The van der Waals surface area contributed by atoms with Gasteiger partial charge < -0.3 is 9.15 Å². The molecule has 2 heterocycles. The molecule has 0 unspecified atom stereocenters. The standard InChI is InChI=1S/C27H25F8NO6S/c1-5-17-8-10-19(20(6-2)36-17)22-11-16-7-9-18(12-21(16)39-22)43-14-25(30,31)41-27(34,35)42-26(32,33)40-24(28,29)13-38-23(37)15(3)4/h7-12H,3,5-6,13-14H2,1-2,4H3. The third kappa shape index (κ3) is 9.91. The van der Waals surface area contributed by atoms with Crippen molar-refractivity contribution in [2.75, 3.05) is 12.4 Å². The lowest BCUT2D eigenvalue weighted by molar-refractivity contribution is -0.572. The smallest absolute Gasteiger partial charge is 0.456 e. The van der Waals surface area contributed by atoms with Crippen LogP contribution in [0.25, 0.3) is 22.3 Å². The Balaban J connectivity index is 1.63. The largest absolute Gasteiger partial charge is 0.496 e. The summed E-state index contributed by atoms with van der Waals surface area (Å²) in [6, 6.07) is 9.70. The SMILES string of the molecule is C=C(C)C(=O)OCC(F)(F)OC(F)(F)OC(F)(F)OC(F)(F)CSc1ccc2cc(-c3ccc(CC)nc3CC)oc2c1. The van der Waals surface area contributed by atoms with E-state index >= 15 is 0 Å². The molecule has 0 amide bonds. The number of nitrogens with zero attached hydrogens (tertiary/aromatic N) is 1. The molecule has 2 aromatic heterocycles. The van der Waals surface area contributed by atoms with Crippen molar-refractivity contribution in [2.24, 2.45) is 0 Å². The van der Waals surface area contributed by atoms with Gasteiger partial charge in [0.1, 0.15) is 11.3 Å². The quantitative estimate of drug-likeness (QED) is 0.0540. The molecule has 0 bridgehead atoms. The van der Waals surface area contributed by atoms with Crippen LogP contribution in [0.4, 0.5) is 35.1 Å². The molecule has 0 aliphatic carbocycles. The van der Waals surface area contributed by atoms with Gasteiger partial charge in [0.25, 0.3) is 0 Å². The third-order valence-corrected chi connectivity index (χ3v) is 6.45. The van der Waals surface area contributed by atoms with Crippen molar-refractivity contribution in [1.82, 2.24) is 4.98 Å². The molecule has 0 saturated carbocycles. The van der Waals surface area contributed by atoms with Crippen LogP contribution >= 0.6 is 11.8 Å². The number of ether oxygens (including phenoxy) is 4. The van der Waals surface area contributed by atoms with Crippen LogP contribution in [-0.4, -0.2) is 48.1 Å². The molecule has 43 heavy (non-hydrogen) atoms. The van der Waals surface area contributed by atoms with Gasteiger partial charge in [0.05, 0.1) is 11.4 Å². The van der Waals surface area contributed by atoms with Crippen LogP contribution in [0.15, 0.2) is 57.9 Å². The number of furan rings is 1. The van der Waals surface area contributed by atoms with Gasteiger partial charge in [-0.2, -0.15) is 17.6 Å². The van der Waals surface area contributed by atoms with Crippen molar-refractivity contribution in [3.8, 4) is 11.3 Å². The van der Waals surface area contributed by atoms with Crippen LogP contribution < -0.4 is 0 Å². The Hall–Kier alpha value is -3.21. The molecule has 16 heteroatoms. The van der Waals surface area contributed by atoms with Crippen LogP contribution in [0.5, 0.6) is 0 Å². The maximum Gasteiger partial charge on any atom is 0.496 e. The van der Waals surface area contributed by atoms with E-state index < -0.39 is 43.1 Å². The van der Waals surface area contributed by atoms with Crippen LogP contribution in [-0.2, 0) is 36.6 Å². The summed E-state index contributed by atoms with van der Waals surface area (Å²) in [5.74, 6) is -2.47. The van der Waals surface area contributed by atoms with E-state index in [1.807, 2.05) is 26.0 Å². The highest BCUT2D eigenvalue weighted by molar-refractivity contribution is 7.99. The fourth-order valence-electron chi connectivity index (χ4n) is 3.50. The summed E-state index contributed by atoms with van der Waals surface area (Å²) in [5.41, 5.74) is 2.32. The Bertz CT molecular complexity index is 1460. The van der Waals surface area contributed by atoms with Crippen LogP contribution in [0, 0.1) is 0 Å². The number of hydrogen-bond donors (Lipinski definition) is 0. The van der Waals surface area contributed by atoms with Crippen molar-refractivity contribution < 1.29 is 63.3 Å². The fraction of sp³-hybridized carbons (Fsp3) is 0.407. The molecule has 0 radical (unpaired) electrons. The van der Waals surface area contributed by atoms with Crippen molar-refractivity contribution >= 4 is 28.7 Å². The first-order valence-electron chi connectivity index (χ1n) is 12.4. The molecule has 0 fully saturated rings. The monoisotopic (exact) mass is 643 g/mol. The van der Waals surface area contributed by atoms with Gasteiger partial charge in [-0.3, -0.25) is 4.98 Å². The summed E-state index contributed by atoms with van der Waals surface area (Å²) in [6.07, 6.45) is -20.1. The molecule has 0 aliphatic heterocycles. The molecule has 1 aromatic carbocycles. The molecule has 0 aliphatic rings. The molecule has 3 aromatic rings. The van der Waals surface area contributed by atoms with Crippen LogP contribution in [0.1, 0.15) is 32.2 Å². The van der Waals surface area contributed by atoms with Gasteiger partial charge in [-0.1, -0.05) is 20.4 Å². The maximum atomic E-state index is 14.2. The van der Waals surface area contributed by atoms with E-state index in [2.05, 4.69) is 30.5 Å². The minimum absolute atomic E-state index is 0.119. The zero-order valence-electron chi connectivity index (χ0n) is 22.8. The second-order valence-electron chi connectivity index (χ2n) is 8.97. The Morgan fingerprint density at radius 3 is 2.16 bits per heavy atom. The van der Waals surface area contributed by atoms with Crippen molar-refractivity contribution in [2.45, 2.75) is 63.3 Å². The second-order valence-corrected chi connectivity index (χ2v) is 10.0. The normalized spacial score (nSPS) is 13.0. The Morgan fingerprint density at radius 2 is 1.56 bits per heavy atom. The first-order chi connectivity index (χ1) is 19.8. The Labute approximate surface area is 244 Å². The van der Waals surface area contributed by atoms with E-state index in [9.17, 15) is 39.9 Å². The molecule has 0 saturated heterocycles. The molecule has 236 valence electrons. The predicted molar refractivity (Wildman–Crippen MR) is 138 cm³/mol. The second kappa shape index (κ2) is 13.2. The van der Waals surface area contributed by atoms with E-state index in [-0.39, 0.29) is 16.1 Å². The molecule has 0 atom stereocenters. The molecule has 7 nitrogen and oxygen atoms in total. The van der Waals surface area contributed by atoms with Gasteiger partial charge in [-0.15, -0.1) is 29.3 Å². The van der Waals surface area contributed by atoms with Gasteiger partial charge in [0.2, 0.25) is 0 Å². The van der Waals surface area contributed by atoms with Gasteiger partial charge in [0, 0.05) is 27.1 Å². The number of rotatable bonds is 15. The highest BCUT2D eigenvalue weighted by atomic mass is 32.2. The van der Waals surface area contributed by atoms with E-state index in [0.29, 0.717) is 29.3 Å². The average molecular weight is 644 g/mol. The number of aryl methyl sites for hydroxylation is 2. The number of pyridine rings is 1. The molecular formula is C27H25F8NO6S. The van der Waals surface area contributed by atoms with Crippen LogP contribution in [0.3, 0.4) is 0 Å². The van der Waals surface area contributed by atoms with Gasteiger partial charge in [0.15, 0.2) is 6.61 Å². The first-order valence-corrected chi connectivity index (χ1v) is 13.4. The van der Waals surface area contributed by atoms with Gasteiger partial charge in [-0.25, -0.2) is 19.0 Å². The van der Waals surface area contributed by atoms with Crippen LogP contribution in [0.2, 0.25) is 0 Å². The highest BCUT2D eigenvalue weighted by Gasteiger charge is 2.56. The topological polar surface area (TPSA) is 80.0 Å². The maximum absolute atomic E-state index is 14.2. The third-order valence-electron chi connectivity index (χ3n) is 5.39. The summed E-state index contributed by atoms with van der Waals surface area (Å²) < 4.78 is 128.